The number of benzene rings is 1. The van der Waals surface area contributed by atoms with Crippen LogP contribution in [-0.4, -0.2) is 26.0 Å². The second-order valence-electron chi connectivity index (χ2n) is 3.60. The first kappa shape index (κ1) is 11.5. The maximum atomic E-state index is 12.6. The van der Waals surface area contributed by atoms with E-state index in [2.05, 4.69) is 0 Å². The summed E-state index contributed by atoms with van der Waals surface area (Å²) in [4.78, 5) is 4.98. The molecular formula is C10H12FNO3S. The van der Waals surface area contributed by atoms with Crippen LogP contribution < -0.4 is 0 Å². The Kier molecular flexibility index (Phi) is 3.22. The highest BCUT2D eigenvalue weighted by atomic mass is 32.2. The van der Waals surface area contributed by atoms with Crippen molar-refractivity contribution in [2.45, 2.75) is 12.2 Å². The van der Waals surface area contributed by atoms with Gasteiger partial charge in [0, 0.05) is 6.54 Å². The van der Waals surface area contributed by atoms with Crippen LogP contribution >= 0.6 is 0 Å². The fourth-order valence-corrected chi connectivity index (χ4v) is 2.91. The number of hydrogen-bond donors (Lipinski definition) is 0. The third-order valence-corrected chi connectivity index (χ3v) is 3.90. The number of rotatable bonds is 3. The lowest BCUT2D eigenvalue weighted by Crippen LogP contribution is -2.28. The van der Waals surface area contributed by atoms with Crippen LogP contribution in [-0.2, 0) is 20.6 Å². The van der Waals surface area contributed by atoms with Crippen LogP contribution in [0.25, 0.3) is 0 Å². The zero-order chi connectivity index (χ0) is 11.6. The lowest BCUT2D eigenvalue weighted by Gasteiger charge is -2.13. The summed E-state index contributed by atoms with van der Waals surface area (Å²) in [6.07, 6.45) is 0.711. The smallest absolute Gasteiger partial charge is 0.240 e. The largest absolute Gasteiger partial charge is 0.284 e. The third kappa shape index (κ3) is 2.58. The molecule has 1 aliphatic heterocycles. The number of nitrogens with zero attached hydrogens (tertiary/aromatic N) is 1. The second-order valence-corrected chi connectivity index (χ2v) is 5.46. The monoisotopic (exact) mass is 245 g/mol. The van der Waals surface area contributed by atoms with Crippen molar-refractivity contribution in [3.63, 3.8) is 0 Å². The molecule has 1 heterocycles. The first-order chi connectivity index (χ1) is 7.58. The van der Waals surface area contributed by atoms with E-state index in [1.165, 1.54) is 24.3 Å². The predicted octanol–water partition coefficient (Wildman–Crippen LogP) is 1.29. The van der Waals surface area contributed by atoms with Crippen LogP contribution in [0.3, 0.4) is 0 Å². The molecule has 0 unspecified atom stereocenters. The molecule has 0 spiro atoms. The van der Waals surface area contributed by atoms with Gasteiger partial charge >= 0.3 is 0 Å². The van der Waals surface area contributed by atoms with Gasteiger partial charge in [-0.25, -0.2) is 12.8 Å². The van der Waals surface area contributed by atoms with Crippen molar-refractivity contribution in [3.05, 3.63) is 35.6 Å². The SMILES string of the molecule is O=S(=O)(Cc1ccc(F)cc1)N1CCCO1. The molecule has 0 amide bonds. The normalized spacial score (nSPS) is 17.8. The van der Waals surface area contributed by atoms with Gasteiger partial charge in [0.05, 0.1) is 12.4 Å². The topological polar surface area (TPSA) is 46.6 Å². The Morgan fingerprint density at radius 3 is 2.56 bits per heavy atom. The summed E-state index contributed by atoms with van der Waals surface area (Å²) in [7, 11) is -3.44. The second kappa shape index (κ2) is 4.48. The summed E-state index contributed by atoms with van der Waals surface area (Å²) in [5.74, 6) is -0.536. The van der Waals surface area contributed by atoms with Gasteiger partial charge in [-0.2, -0.15) is 0 Å². The van der Waals surface area contributed by atoms with Crippen molar-refractivity contribution < 1.29 is 17.6 Å². The third-order valence-electron chi connectivity index (χ3n) is 2.29. The van der Waals surface area contributed by atoms with E-state index < -0.39 is 10.0 Å². The van der Waals surface area contributed by atoms with Crippen LogP contribution in [0, 0.1) is 5.82 Å². The summed E-state index contributed by atoms with van der Waals surface area (Å²) in [5.41, 5.74) is 0.553. The van der Waals surface area contributed by atoms with Crippen LogP contribution in [0.4, 0.5) is 4.39 Å². The molecule has 6 heteroatoms. The molecule has 0 bridgehead atoms. The molecule has 4 nitrogen and oxygen atoms in total. The van der Waals surface area contributed by atoms with Crippen LogP contribution in [0.2, 0.25) is 0 Å². The Balaban J connectivity index is 2.11. The maximum Gasteiger partial charge on any atom is 0.240 e. The van der Waals surface area contributed by atoms with Gasteiger partial charge in [-0.3, -0.25) is 4.84 Å². The van der Waals surface area contributed by atoms with E-state index in [1.807, 2.05) is 0 Å². The minimum absolute atomic E-state index is 0.159. The number of sulfonamides is 1. The molecule has 1 fully saturated rings. The van der Waals surface area contributed by atoms with Gasteiger partial charge in [0.1, 0.15) is 5.82 Å². The van der Waals surface area contributed by atoms with Crippen molar-refractivity contribution in [2.24, 2.45) is 0 Å². The molecule has 1 aromatic rings. The van der Waals surface area contributed by atoms with Crippen molar-refractivity contribution in [2.75, 3.05) is 13.2 Å². The van der Waals surface area contributed by atoms with E-state index >= 15 is 0 Å². The number of hydrogen-bond acceptors (Lipinski definition) is 3. The average molecular weight is 245 g/mol. The zero-order valence-corrected chi connectivity index (χ0v) is 9.41. The summed E-state index contributed by atoms with van der Waals surface area (Å²) in [6.45, 7) is 0.826. The lowest BCUT2D eigenvalue weighted by molar-refractivity contribution is -0.0286. The summed E-state index contributed by atoms with van der Waals surface area (Å²) in [6, 6.07) is 5.41. The molecule has 0 aromatic heterocycles. The molecule has 88 valence electrons. The predicted molar refractivity (Wildman–Crippen MR) is 56.3 cm³/mol. The van der Waals surface area contributed by atoms with Gasteiger partial charge in [-0.15, -0.1) is 0 Å². The van der Waals surface area contributed by atoms with Crippen molar-refractivity contribution in [3.8, 4) is 0 Å². The van der Waals surface area contributed by atoms with E-state index in [9.17, 15) is 12.8 Å². The fraction of sp³-hybridized carbons (Fsp3) is 0.400. The highest BCUT2D eigenvalue weighted by molar-refractivity contribution is 7.88. The van der Waals surface area contributed by atoms with E-state index in [1.54, 1.807) is 0 Å². The molecule has 0 N–H and O–H groups in total. The van der Waals surface area contributed by atoms with Crippen LogP contribution in [0.1, 0.15) is 12.0 Å². The van der Waals surface area contributed by atoms with Crippen LogP contribution in [0.15, 0.2) is 24.3 Å². The minimum atomic E-state index is -3.44. The Bertz CT molecular complexity index is 451. The first-order valence-electron chi connectivity index (χ1n) is 4.96. The maximum absolute atomic E-state index is 12.6. The Labute approximate surface area is 93.6 Å². The van der Waals surface area contributed by atoms with Gasteiger partial charge in [0.2, 0.25) is 10.0 Å². The van der Waals surface area contributed by atoms with Crippen LogP contribution in [0.5, 0.6) is 0 Å². The summed E-state index contributed by atoms with van der Waals surface area (Å²) >= 11 is 0. The zero-order valence-electron chi connectivity index (χ0n) is 8.60. The lowest BCUT2D eigenvalue weighted by atomic mass is 10.2. The van der Waals surface area contributed by atoms with Gasteiger partial charge in [0.15, 0.2) is 0 Å². The molecular weight excluding hydrogens is 233 g/mol. The molecule has 2 rings (SSSR count). The van der Waals surface area contributed by atoms with E-state index in [-0.39, 0.29) is 11.6 Å². The number of halogens is 1. The van der Waals surface area contributed by atoms with Crippen molar-refractivity contribution in [1.29, 1.82) is 0 Å². The Morgan fingerprint density at radius 1 is 1.31 bits per heavy atom. The van der Waals surface area contributed by atoms with E-state index in [0.717, 1.165) is 4.47 Å². The highest BCUT2D eigenvalue weighted by Crippen LogP contribution is 2.16. The standard InChI is InChI=1S/C10H12FNO3S/c11-10-4-2-9(3-5-10)8-16(13,14)12-6-1-7-15-12/h2-5H,1,6-8H2. The van der Waals surface area contributed by atoms with Crippen molar-refractivity contribution >= 4 is 10.0 Å². The Hall–Kier alpha value is -0.980. The molecule has 1 aromatic carbocycles. The molecule has 1 saturated heterocycles. The van der Waals surface area contributed by atoms with E-state index in [4.69, 9.17) is 4.84 Å². The first-order valence-corrected chi connectivity index (χ1v) is 6.57. The minimum Gasteiger partial charge on any atom is -0.284 e. The quantitative estimate of drug-likeness (QED) is 0.806. The van der Waals surface area contributed by atoms with Crippen molar-refractivity contribution in [1.82, 2.24) is 4.47 Å². The molecule has 0 radical (unpaired) electrons. The molecule has 0 saturated carbocycles. The number of hydroxylamine groups is 1. The fourth-order valence-electron chi connectivity index (χ4n) is 1.51. The summed E-state index contributed by atoms with van der Waals surface area (Å²) in [5, 5.41) is 0. The Morgan fingerprint density at radius 2 is 2.00 bits per heavy atom. The van der Waals surface area contributed by atoms with Gasteiger partial charge in [-0.05, 0) is 24.1 Å². The molecule has 0 atom stereocenters. The summed E-state index contributed by atoms with van der Waals surface area (Å²) < 4.78 is 37.2. The van der Waals surface area contributed by atoms with Gasteiger partial charge < -0.3 is 0 Å². The van der Waals surface area contributed by atoms with Gasteiger partial charge in [-0.1, -0.05) is 16.6 Å². The molecule has 0 aliphatic carbocycles. The molecule has 1 aliphatic rings. The van der Waals surface area contributed by atoms with E-state index in [0.29, 0.717) is 25.1 Å². The highest BCUT2D eigenvalue weighted by Gasteiger charge is 2.26. The average Bonchev–Trinajstić information content (AvgIpc) is 2.75. The molecule has 16 heavy (non-hydrogen) atoms. The van der Waals surface area contributed by atoms with Gasteiger partial charge in [0.25, 0.3) is 0 Å².